The molecule has 0 radical (unpaired) electrons. The van der Waals surface area contributed by atoms with E-state index in [1.165, 1.54) is 24.3 Å². The average molecular weight is 558 g/mol. The highest BCUT2D eigenvalue weighted by Crippen LogP contribution is 2.37. The zero-order chi connectivity index (χ0) is 28.6. The molecule has 0 spiro atoms. The number of ether oxygens (including phenoxy) is 3. The van der Waals surface area contributed by atoms with Gasteiger partial charge in [-0.15, -0.1) is 0 Å². The molecule has 9 heteroatoms. The Morgan fingerprint density at radius 3 is 2.56 bits per heavy atom. The maximum absolute atomic E-state index is 14.9. The predicted octanol–water partition coefficient (Wildman–Crippen LogP) is 6.31. The fourth-order valence-corrected chi connectivity index (χ4v) is 4.69. The van der Waals surface area contributed by atoms with Crippen LogP contribution in [0.25, 0.3) is 15.7 Å². The standard InChI is InChI=1S/C32H29F2N3O4/c1-35-30-20-27-29(21-32(30)40-14-2-11-37-12-15-39-16-13-37)36-10-9-31(27)41-26-8-5-23(28(34)19-26)18-25(38)17-22-3-6-24(33)7-4-22/h3-10,19-21H,2,11-18H2. The van der Waals surface area contributed by atoms with Gasteiger partial charge in [-0.3, -0.25) is 14.7 Å². The number of pyridine rings is 1. The molecule has 0 unspecified atom stereocenters. The summed E-state index contributed by atoms with van der Waals surface area (Å²) in [5.74, 6) is -0.00676. The second-order valence-electron chi connectivity index (χ2n) is 9.79. The van der Waals surface area contributed by atoms with Crippen molar-refractivity contribution in [2.75, 3.05) is 39.5 Å². The summed E-state index contributed by atoms with van der Waals surface area (Å²) in [7, 11) is 0. The number of morpholine rings is 1. The summed E-state index contributed by atoms with van der Waals surface area (Å²) in [6.07, 6.45) is 2.40. The van der Waals surface area contributed by atoms with E-state index in [9.17, 15) is 13.6 Å². The number of halogens is 2. The van der Waals surface area contributed by atoms with Crippen molar-refractivity contribution in [3.8, 4) is 17.2 Å². The van der Waals surface area contributed by atoms with Crippen LogP contribution in [0.3, 0.4) is 0 Å². The second kappa shape index (κ2) is 13.3. The molecule has 0 atom stereocenters. The highest BCUT2D eigenvalue weighted by Gasteiger charge is 2.15. The van der Waals surface area contributed by atoms with E-state index in [0.29, 0.717) is 40.3 Å². The molecule has 0 N–H and O–H groups in total. The van der Waals surface area contributed by atoms with Crippen LogP contribution < -0.4 is 9.47 Å². The van der Waals surface area contributed by atoms with E-state index in [1.54, 1.807) is 42.6 Å². The molecule has 1 aliphatic rings. The number of Topliss-reactive ketones (excluding diaryl/α,β-unsaturated/α-hetero) is 1. The van der Waals surface area contributed by atoms with Crippen LogP contribution in [-0.2, 0) is 22.4 Å². The lowest BCUT2D eigenvalue weighted by Crippen LogP contribution is -2.37. The van der Waals surface area contributed by atoms with Crippen LogP contribution in [0.5, 0.6) is 17.2 Å². The molecule has 2 heterocycles. The Bertz CT molecular complexity index is 1560. The molecule has 1 aliphatic heterocycles. The minimum Gasteiger partial charge on any atom is -0.504 e. The molecule has 3 aromatic carbocycles. The monoisotopic (exact) mass is 557 g/mol. The van der Waals surface area contributed by atoms with Gasteiger partial charge in [0.25, 0.3) is 0 Å². The number of ketones is 1. The third kappa shape index (κ3) is 7.42. The van der Waals surface area contributed by atoms with Gasteiger partial charge in [-0.1, -0.05) is 18.2 Å². The number of carbonyl (C=O) groups excluding carboxylic acids is 1. The van der Waals surface area contributed by atoms with Gasteiger partial charge in [0.15, 0.2) is 0 Å². The van der Waals surface area contributed by atoms with Gasteiger partial charge in [0, 0.05) is 50.1 Å². The third-order valence-corrected chi connectivity index (χ3v) is 6.84. The Kier molecular flexibility index (Phi) is 9.14. The van der Waals surface area contributed by atoms with Crippen LogP contribution >= 0.6 is 0 Å². The first-order valence-corrected chi connectivity index (χ1v) is 13.4. The lowest BCUT2D eigenvalue weighted by molar-refractivity contribution is -0.117. The van der Waals surface area contributed by atoms with Crippen LogP contribution in [0.1, 0.15) is 17.5 Å². The van der Waals surface area contributed by atoms with E-state index < -0.39 is 5.82 Å². The topological polar surface area (TPSA) is 65.2 Å². The van der Waals surface area contributed by atoms with Crippen LogP contribution in [0.15, 0.2) is 66.9 Å². The van der Waals surface area contributed by atoms with E-state index in [1.807, 2.05) is 0 Å². The largest absolute Gasteiger partial charge is 0.504 e. The smallest absolute Gasteiger partial charge is 0.229 e. The maximum atomic E-state index is 14.9. The fourth-order valence-electron chi connectivity index (χ4n) is 4.69. The molecule has 41 heavy (non-hydrogen) atoms. The quantitative estimate of drug-likeness (QED) is 0.159. The Labute approximate surface area is 237 Å². The first kappa shape index (κ1) is 28.1. The molecule has 0 amide bonds. The summed E-state index contributed by atoms with van der Waals surface area (Å²) < 4.78 is 45.3. The number of nitrogens with zero attached hydrogens (tertiary/aromatic N) is 3. The zero-order valence-corrected chi connectivity index (χ0v) is 22.4. The number of carbonyl (C=O) groups is 1. The van der Waals surface area contributed by atoms with Crippen LogP contribution in [-0.4, -0.2) is 55.1 Å². The van der Waals surface area contributed by atoms with Gasteiger partial charge < -0.3 is 14.2 Å². The Morgan fingerprint density at radius 2 is 1.80 bits per heavy atom. The molecular formula is C32H29F2N3O4. The van der Waals surface area contributed by atoms with Crippen molar-refractivity contribution in [1.82, 2.24) is 9.88 Å². The molecule has 7 nitrogen and oxygen atoms in total. The minimum absolute atomic E-state index is 0.0872. The zero-order valence-electron chi connectivity index (χ0n) is 22.4. The molecule has 0 saturated carbocycles. The lowest BCUT2D eigenvalue weighted by atomic mass is 10.0. The summed E-state index contributed by atoms with van der Waals surface area (Å²) in [5.41, 5.74) is 1.83. The van der Waals surface area contributed by atoms with Crippen molar-refractivity contribution >= 4 is 22.4 Å². The highest BCUT2D eigenvalue weighted by molar-refractivity contribution is 5.91. The predicted molar refractivity (Wildman–Crippen MR) is 151 cm³/mol. The lowest BCUT2D eigenvalue weighted by Gasteiger charge is -2.26. The normalized spacial score (nSPS) is 13.6. The summed E-state index contributed by atoms with van der Waals surface area (Å²) in [5, 5.41) is 0.595. The van der Waals surface area contributed by atoms with Gasteiger partial charge in [0.05, 0.1) is 31.9 Å². The van der Waals surface area contributed by atoms with Crippen molar-refractivity contribution in [2.45, 2.75) is 19.3 Å². The first-order chi connectivity index (χ1) is 20.0. The Hall–Kier alpha value is -4.39. The molecule has 0 aliphatic carbocycles. The number of aromatic nitrogens is 1. The summed E-state index contributed by atoms with van der Waals surface area (Å²) in [4.78, 5) is 22.8. The van der Waals surface area contributed by atoms with E-state index in [0.717, 1.165) is 39.3 Å². The molecule has 5 rings (SSSR count). The fraction of sp³-hybridized carbons (Fsp3) is 0.281. The van der Waals surface area contributed by atoms with Crippen molar-refractivity contribution in [2.24, 2.45) is 0 Å². The van der Waals surface area contributed by atoms with Gasteiger partial charge in [0.2, 0.25) is 5.69 Å². The molecule has 1 fully saturated rings. The first-order valence-electron chi connectivity index (χ1n) is 13.4. The van der Waals surface area contributed by atoms with E-state index >= 15 is 0 Å². The van der Waals surface area contributed by atoms with E-state index in [-0.39, 0.29) is 35.8 Å². The van der Waals surface area contributed by atoms with Crippen LogP contribution in [0, 0.1) is 18.2 Å². The molecule has 1 saturated heterocycles. The molecule has 210 valence electrons. The van der Waals surface area contributed by atoms with Crippen molar-refractivity contribution in [1.29, 1.82) is 0 Å². The number of fused-ring (bicyclic) bond motifs is 1. The van der Waals surface area contributed by atoms with Gasteiger partial charge in [-0.25, -0.2) is 13.6 Å². The Balaban J connectivity index is 1.24. The molecular weight excluding hydrogens is 528 g/mol. The second-order valence-corrected chi connectivity index (χ2v) is 9.79. The third-order valence-electron chi connectivity index (χ3n) is 6.84. The number of benzene rings is 3. The van der Waals surface area contributed by atoms with Gasteiger partial charge in [-0.2, -0.15) is 0 Å². The highest BCUT2D eigenvalue weighted by atomic mass is 19.1. The van der Waals surface area contributed by atoms with Crippen molar-refractivity contribution < 1.29 is 27.8 Å². The minimum atomic E-state index is -0.567. The van der Waals surface area contributed by atoms with Gasteiger partial charge in [0.1, 0.15) is 34.7 Å². The SMILES string of the molecule is [C-]#[N+]c1cc2c(Oc3ccc(CC(=O)Cc4ccc(F)cc4)c(F)c3)ccnc2cc1OCCCN1CCOCC1. The number of rotatable bonds is 11. The summed E-state index contributed by atoms with van der Waals surface area (Å²) >= 11 is 0. The van der Waals surface area contributed by atoms with Crippen molar-refractivity contribution in [3.05, 3.63) is 101 Å². The van der Waals surface area contributed by atoms with Gasteiger partial charge >= 0.3 is 0 Å². The summed E-state index contributed by atoms with van der Waals surface area (Å²) in [6, 6.07) is 15.1. The van der Waals surface area contributed by atoms with Crippen LogP contribution in [0.2, 0.25) is 0 Å². The number of hydrogen-bond acceptors (Lipinski definition) is 6. The number of hydrogen-bond donors (Lipinski definition) is 0. The maximum Gasteiger partial charge on any atom is 0.229 e. The van der Waals surface area contributed by atoms with Crippen LogP contribution in [0.4, 0.5) is 14.5 Å². The Morgan fingerprint density at radius 1 is 1.00 bits per heavy atom. The van der Waals surface area contributed by atoms with Crippen molar-refractivity contribution in [3.63, 3.8) is 0 Å². The molecule has 0 bridgehead atoms. The van der Waals surface area contributed by atoms with E-state index in [4.69, 9.17) is 20.8 Å². The van der Waals surface area contributed by atoms with Gasteiger partial charge in [-0.05, 0) is 53.9 Å². The summed E-state index contributed by atoms with van der Waals surface area (Å²) in [6.45, 7) is 12.3. The average Bonchev–Trinajstić information content (AvgIpc) is 2.98. The molecule has 4 aromatic rings. The molecule has 1 aromatic heterocycles. The van der Waals surface area contributed by atoms with E-state index in [2.05, 4.69) is 14.7 Å².